The average Bonchev–Trinajstić information content (AvgIpc) is 2.23. The first-order valence-electron chi connectivity index (χ1n) is 5.97. The van der Waals surface area contributed by atoms with E-state index in [1.54, 1.807) is 4.90 Å². The molecular weight excluding hydrogens is 202 g/mol. The van der Waals surface area contributed by atoms with Crippen LogP contribution in [0.3, 0.4) is 0 Å². The third-order valence-electron chi connectivity index (χ3n) is 2.20. The Morgan fingerprint density at radius 2 is 2.19 bits per heavy atom. The number of rotatable bonds is 8. The molecule has 0 rings (SSSR count). The zero-order valence-corrected chi connectivity index (χ0v) is 10.6. The van der Waals surface area contributed by atoms with Crippen molar-refractivity contribution in [2.75, 3.05) is 26.2 Å². The van der Waals surface area contributed by atoms with Crippen LogP contribution in [-0.2, 0) is 4.79 Å². The number of nitriles is 1. The van der Waals surface area contributed by atoms with Crippen molar-refractivity contribution in [3.8, 4) is 6.07 Å². The number of hydrogen-bond acceptors (Lipinski definition) is 3. The topological polar surface area (TPSA) is 56.1 Å². The Balaban J connectivity index is 4.05. The van der Waals surface area contributed by atoms with Crippen molar-refractivity contribution in [1.82, 2.24) is 10.2 Å². The minimum atomic E-state index is 0.143. The SMILES string of the molecule is CCNCCC(=O)N(CCC#N)CC(C)C. The summed E-state index contributed by atoms with van der Waals surface area (Å²) >= 11 is 0. The van der Waals surface area contributed by atoms with Crippen molar-refractivity contribution in [2.45, 2.75) is 33.6 Å². The van der Waals surface area contributed by atoms with E-state index in [2.05, 4.69) is 25.2 Å². The second-order valence-electron chi connectivity index (χ2n) is 4.25. The maximum atomic E-state index is 11.8. The van der Waals surface area contributed by atoms with Crippen molar-refractivity contribution in [1.29, 1.82) is 5.26 Å². The zero-order chi connectivity index (χ0) is 12.4. The van der Waals surface area contributed by atoms with Gasteiger partial charge in [0.15, 0.2) is 0 Å². The fourth-order valence-corrected chi connectivity index (χ4v) is 1.47. The molecule has 92 valence electrons. The van der Waals surface area contributed by atoms with Crippen LogP contribution in [0.2, 0.25) is 0 Å². The van der Waals surface area contributed by atoms with Crippen molar-refractivity contribution >= 4 is 5.91 Å². The Labute approximate surface area is 98.6 Å². The van der Waals surface area contributed by atoms with E-state index in [1.807, 2.05) is 6.92 Å². The molecule has 4 heteroatoms. The lowest BCUT2D eigenvalue weighted by molar-refractivity contribution is -0.131. The van der Waals surface area contributed by atoms with E-state index in [0.717, 1.165) is 19.6 Å². The highest BCUT2D eigenvalue weighted by atomic mass is 16.2. The Bertz CT molecular complexity index is 233. The van der Waals surface area contributed by atoms with Crippen LogP contribution in [-0.4, -0.2) is 37.0 Å². The maximum absolute atomic E-state index is 11.8. The number of amides is 1. The van der Waals surface area contributed by atoms with Gasteiger partial charge in [-0.3, -0.25) is 4.79 Å². The van der Waals surface area contributed by atoms with Gasteiger partial charge in [-0.15, -0.1) is 0 Å². The molecule has 0 saturated heterocycles. The van der Waals surface area contributed by atoms with Crippen LogP contribution in [0.15, 0.2) is 0 Å². The molecular formula is C12H23N3O. The first-order valence-corrected chi connectivity index (χ1v) is 5.97. The normalized spacial score (nSPS) is 10.2. The van der Waals surface area contributed by atoms with Crippen molar-refractivity contribution in [3.63, 3.8) is 0 Å². The van der Waals surface area contributed by atoms with Gasteiger partial charge < -0.3 is 10.2 Å². The predicted molar refractivity (Wildman–Crippen MR) is 64.8 cm³/mol. The van der Waals surface area contributed by atoms with Gasteiger partial charge >= 0.3 is 0 Å². The molecule has 1 amide bonds. The van der Waals surface area contributed by atoms with Gasteiger partial charge in [0.2, 0.25) is 5.91 Å². The molecule has 0 radical (unpaired) electrons. The largest absolute Gasteiger partial charge is 0.341 e. The maximum Gasteiger partial charge on any atom is 0.223 e. The highest BCUT2D eigenvalue weighted by Crippen LogP contribution is 2.02. The molecule has 0 heterocycles. The summed E-state index contributed by atoms with van der Waals surface area (Å²) in [4.78, 5) is 13.6. The molecule has 0 aromatic heterocycles. The fourth-order valence-electron chi connectivity index (χ4n) is 1.47. The molecule has 0 unspecified atom stereocenters. The lowest BCUT2D eigenvalue weighted by Crippen LogP contribution is -2.36. The van der Waals surface area contributed by atoms with E-state index in [4.69, 9.17) is 5.26 Å². The molecule has 0 saturated carbocycles. The summed E-state index contributed by atoms with van der Waals surface area (Å²) in [5.41, 5.74) is 0. The van der Waals surface area contributed by atoms with Crippen LogP contribution in [0.5, 0.6) is 0 Å². The summed E-state index contributed by atoms with van der Waals surface area (Å²) in [5.74, 6) is 0.590. The summed E-state index contributed by atoms with van der Waals surface area (Å²) in [5, 5.41) is 11.7. The van der Waals surface area contributed by atoms with E-state index in [1.165, 1.54) is 0 Å². The van der Waals surface area contributed by atoms with Crippen LogP contribution in [0.1, 0.15) is 33.6 Å². The van der Waals surface area contributed by atoms with Gasteiger partial charge in [-0.05, 0) is 12.5 Å². The van der Waals surface area contributed by atoms with E-state index >= 15 is 0 Å². The van der Waals surface area contributed by atoms with Crippen molar-refractivity contribution < 1.29 is 4.79 Å². The van der Waals surface area contributed by atoms with Gasteiger partial charge in [0.05, 0.1) is 12.5 Å². The predicted octanol–water partition coefficient (Wildman–Crippen LogP) is 1.38. The second kappa shape index (κ2) is 9.17. The standard InChI is InChI=1S/C12H23N3O/c1-4-14-8-6-12(16)15(9-5-7-13)10-11(2)3/h11,14H,4-6,8-10H2,1-3H3. The van der Waals surface area contributed by atoms with Crippen LogP contribution in [0.25, 0.3) is 0 Å². The van der Waals surface area contributed by atoms with E-state index in [-0.39, 0.29) is 5.91 Å². The van der Waals surface area contributed by atoms with Crippen molar-refractivity contribution in [2.24, 2.45) is 5.92 Å². The van der Waals surface area contributed by atoms with Crippen LogP contribution in [0.4, 0.5) is 0 Å². The number of carbonyl (C=O) groups is 1. The average molecular weight is 225 g/mol. The van der Waals surface area contributed by atoms with Crippen LogP contribution >= 0.6 is 0 Å². The van der Waals surface area contributed by atoms with Gasteiger partial charge in [0, 0.05) is 26.1 Å². The molecule has 0 spiro atoms. The van der Waals surface area contributed by atoms with E-state index < -0.39 is 0 Å². The molecule has 0 bridgehead atoms. The molecule has 0 aliphatic rings. The Morgan fingerprint density at radius 1 is 1.50 bits per heavy atom. The van der Waals surface area contributed by atoms with Gasteiger partial charge in [0.25, 0.3) is 0 Å². The molecule has 0 aromatic carbocycles. The molecule has 0 atom stereocenters. The monoisotopic (exact) mass is 225 g/mol. The molecule has 0 aliphatic heterocycles. The summed E-state index contributed by atoms with van der Waals surface area (Å²) in [6, 6.07) is 2.08. The molecule has 16 heavy (non-hydrogen) atoms. The number of nitrogens with zero attached hydrogens (tertiary/aromatic N) is 2. The van der Waals surface area contributed by atoms with Gasteiger partial charge in [-0.25, -0.2) is 0 Å². The molecule has 0 aliphatic carbocycles. The fraction of sp³-hybridized carbons (Fsp3) is 0.833. The summed E-state index contributed by atoms with van der Waals surface area (Å²) in [6.07, 6.45) is 0.936. The summed E-state index contributed by atoms with van der Waals surface area (Å²) in [6.45, 7) is 9.08. The lowest BCUT2D eigenvalue weighted by Gasteiger charge is -2.23. The Kier molecular flexibility index (Phi) is 8.55. The van der Waals surface area contributed by atoms with E-state index in [9.17, 15) is 4.79 Å². The van der Waals surface area contributed by atoms with Crippen molar-refractivity contribution in [3.05, 3.63) is 0 Å². The Hall–Kier alpha value is -1.08. The molecule has 1 N–H and O–H groups in total. The van der Waals surface area contributed by atoms with Gasteiger partial charge in [0.1, 0.15) is 0 Å². The summed E-state index contributed by atoms with van der Waals surface area (Å²) < 4.78 is 0. The highest BCUT2D eigenvalue weighted by molar-refractivity contribution is 5.76. The highest BCUT2D eigenvalue weighted by Gasteiger charge is 2.13. The second-order valence-corrected chi connectivity index (χ2v) is 4.25. The lowest BCUT2D eigenvalue weighted by atomic mass is 10.2. The van der Waals surface area contributed by atoms with Gasteiger partial charge in [-0.1, -0.05) is 20.8 Å². The first-order chi connectivity index (χ1) is 7.61. The van der Waals surface area contributed by atoms with Gasteiger partial charge in [-0.2, -0.15) is 5.26 Å². The third-order valence-corrected chi connectivity index (χ3v) is 2.20. The Morgan fingerprint density at radius 3 is 2.69 bits per heavy atom. The third kappa shape index (κ3) is 7.24. The van der Waals surface area contributed by atoms with E-state index in [0.29, 0.717) is 25.3 Å². The molecule has 4 nitrogen and oxygen atoms in total. The number of carbonyl (C=O) groups excluding carboxylic acids is 1. The summed E-state index contributed by atoms with van der Waals surface area (Å²) in [7, 11) is 0. The minimum Gasteiger partial charge on any atom is -0.341 e. The van der Waals surface area contributed by atoms with Crippen LogP contribution in [0, 0.1) is 17.2 Å². The quantitative estimate of drug-likeness (QED) is 0.635. The minimum absolute atomic E-state index is 0.143. The zero-order valence-electron chi connectivity index (χ0n) is 10.6. The molecule has 0 aromatic rings. The smallest absolute Gasteiger partial charge is 0.223 e. The number of nitrogens with one attached hydrogen (secondary N) is 1. The molecule has 0 fully saturated rings. The number of hydrogen-bond donors (Lipinski definition) is 1. The van der Waals surface area contributed by atoms with Crippen LogP contribution < -0.4 is 5.32 Å². The first kappa shape index (κ1) is 14.9.